The molecule has 9 heteroatoms. The molecule has 28 heavy (non-hydrogen) atoms. The van der Waals surface area contributed by atoms with Gasteiger partial charge in [-0.2, -0.15) is 0 Å². The predicted molar refractivity (Wildman–Crippen MR) is 103 cm³/mol. The standard InChI is InChI=1S/C19H20N4O4S/c1-11-20-9-13(10-21-11)18(25)23-19-22-15(14-3-2-6-27-14)17(28-19)16(24)12-4-7-26-8-5-12/h2-3,6,9-10,12,16,24H,4-5,7-8H2,1H3,(H,22,23,25). The molecule has 0 aliphatic carbocycles. The molecule has 1 amide bonds. The van der Waals surface area contributed by atoms with Gasteiger partial charge in [-0.3, -0.25) is 10.1 Å². The molecule has 0 bridgehead atoms. The molecule has 1 saturated heterocycles. The zero-order valence-electron chi connectivity index (χ0n) is 15.3. The number of aryl methyl sites for hydroxylation is 1. The first kappa shape index (κ1) is 18.7. The van der Waals surface area contributed by atoms with E-state index in [2.05, 4.69) is 20.3 Å². The number of hydrogen-bond donors (Lipinski definition) is 2. The number of furan rings is 1. The average Bonchev–Trinajstić information content (AvgIpc) is 3.38. The van der Waals surface area contributed by atoms with E-state index in [4.69, 9.17) is 9.15 Å². The van der Waals surface area contributed by atoms with E-state index in [0.717, 1.165) is 12.8 Å². The lowest BCUT2D eigenvalue weighted by Gasteiger charge is -2.26. The Kier molecular flexibility index (Phi) is 5.47. The van der Waals surface area contributed by atoms with E-state index in [0.29, 0.717) is 46.1 Å². The van der Waals surface area contributed by atoms with E-state index >= 15 is 0 Å². The molecule has 0 saturated carbocycles. The van der Waals surface area contributed by atoms with Gasteiger partial charge in [-0.05, 0) is 37.8 Å². The van der Waals surface area contributed by atoms with Crippen molar-refractivity contribution in [3.63, 3.8) is 0 Å². The van der Waals surface area contributed by atoms with E-state index in [9.17, 15) is 9.90 Å². The molecule has 3 aromatic rings. The third-order valence-corrected chi connectivity index (χ3v) is 5.69. The molecule has 4 heterocycles. The molecule has 146 valence electrons. The first-order chi connectivity index (χ1) is 13.6. The quantitative estimate of drug-likeness (QED) is 0.676. The van der Waals surface area contributed by atoms with Crippen LogP contribution in [0.25, 0.3) is 11.5 Å². The Hall–Kier alpha value is -2.62. The Morgan fingerprint density at radius 2 is 2.07 bits per heavy atom. The van der Waals surface area contributed by atoms with Crippen molar-refractivity contribution in [1.29, 1.82) is 0 Å². The minimum atomic E-state index is -0.699. The molecule has 8 nitrogen and oxygen atoms in total. The number of aromatic nitrogens is 3. The van der Waals surface area contributed by atoms with Crippen molar-refractivity contribution in [2.75, 3.05) is 18.5 Å². The summed E-state index contributed by atoms with van der Waals surface area (Å²) in [5.41, 5.74) is 0.885. The van der Waals surface area contributed by atoms with Gasteiger partial charge in [0.25, 0.3) is 5.91 Å². The molecule has 3 aromatic heterocycles. The van der Waals surface area contributed by atoms with Crippen LogP contribution in [-0.4, -0.2) is 39.2 Å². The lowest BCUT2D eigenvalue weighted by atomic mass is 9.92. The van der Waals surface area contributed by atoms with Crippen molar-refractivity contribution in [3.8, 4) is 11.5 Å². The third-order valence-electron chi connectivity index (χ3n) is 4.65. The highest BCUT2D eigenvalue weighted by atomic mass is 32.1. The highest BCUT2D eigenvalue weighted by Gasteiger charge is 2.29. The van der Waals surface area contributed by atoms with Crippen LogP contribution in [0.4, 0.5) is 5.13 Å². The van der Waals surface area contributed by atoms with Gasteiger partial charge < -0.3 is 14.3 Å². The summed E-state index contributed by atoms with van der Waals surface area (Å²) in [4.78, 5) is 25.7. The number of aliphatic hydroxyl groups is 1. The normalized spacial score (nSPS) is 16.1. The number of thiazole rings is 1. The Bertz CT molecular complexity index is 934. The number of rotatable bonds is 5. The fourth-order valence-corrected chi connectivity index (χ4v) is 4.15. The van der Waals surface area contributed by atoms with Crippen LogP contribution >= 0.6 is 11.3 Å². The second-order valence-electron chi connectivity index (χ2n) is 6.58. The van der Waals surface area contributed by atoms with Crippen molar-refractivity contribution in [2.24, 2.45) is 5.92 Å². The van der Waals surface area contributed by atoms with Crippen molar-refractivity contribution in [1.82, 2.24) is 15.0 Å². The molecular weight excluding hydrogens is 380 g/mol. The maximum atomic E-state index is 12.5. The number of anilines is 1. The minimum Gasteiger partial charge on any atom is -0.463 e. The van der Waals surface area contributed by atoms with Crippen LogP contribution in [0.2, 0.25) is 0 Å². The fourth-order valence-electron chi connectivity index (χ4n) is 3.10. The van der Waals surface area contributed by atoms with Crippen LogP contribution in [-0.2, 0) is 4.74 Å². The number of amides is 1. The fraction of sp³-hybridized carbons (Fsp3) is 0.368. The van der Waals surface area contributed by atoms with Gasteiger partial charge in [-0.1, -0.05) is 11.3 Å². The number of carbonyl (C=O) groups is 1. The molecule has 1 aliphatic rings. The highest BCUT2D eigenvalue weighted by Crippen LogP contribution is 2.41. The van der Waals surface area contributed by atoms with Crippen LogP contribution in [0.15, 0.2) is 35.2 Å². The maximum absolute atomic E-state index is 12.5. The summed E-state index contributed by atoms with van der Waals surface area (Å²) in [7, 11) is 0. The highest BCUT2D eigenvalue weighted by molar-refractivity contribution is 7.16. The molecule has 1 atom stereocenters. The number of nitrogens with zero attached hydrogens (tertiary/aromatic N) is 3. The van der Waals surface area contributed by atoms with Gasteiger partial charge in [0, 0.05) is 25.6 Å². The molecule has 2 N–H and O–H groups in total. The van der Waals surface area contributed by atoms with Crippen molar-refractivity contribution < 1.29 is 19.1 Å². The molecule has 0 aromatic carbocycles. The summed E-state index contributed by atoms with van der Waals surface area (Å²) in [5, 5.41) is 14.1. The number of ether oxygens (including phenoxy) is 1. The summed E-state index contributed by atoms with van der Waals surface area (Å²) in [6.45, 7) is 3.02. The monoisotopic (exact) mass is 400 g/mol. The summed E-state index contributed by atoms with van der Waals surface area (Å²) in [6.07, 6.45) is 5.35. The summed E-state index contributed by atoms with van der Waals surface area (Å²) in [5.74, 6) is 0.869. The van der Waals surface area contributed by atoms with Crippen molar-refractivity contribution in [3.05, 3.63) is 47.1 Å². The molecule has 0 radical (unpaired) electrons. The molecular formula is C19H20N4O4S. The second-order valence-corrected chi connectivity index (χ2v) is 7.61. The lowest BCUT2D eigenvalue weighted by molar-refractivity contribution is 0.00862. The number of carbonyl (C=O) groups excluding carboxylic acids is 1. The van der Waals surface area contributed by atoms with Gasteiger partial charge in [0.1, 0.15) is 11.5 Å². The SMILES string of the molecule is Cc1ncc(C(=O)Nc2nc(-c3ccco3)c(C(O)C3CCOCC3)s2)cn1. The predicted octanol–water partition coefficient (Wildman–Crippen LogP) is 3.21. The number of nitrogens with one attached hydrogen (secondary N) is 1. The topological polar surface area (TPSA) is 110 Å². The lowest BCUT2D eigenvalue weighted by Crippen LogP contribution is -2.21. The van der Waals surface area contributed by atoms with E-state index in [-0.39, 0.29) is 11.8 Å². The van der Waals surface area contributed by atoms with E-state index < -0.39 is 6.10 Å². The zero-order valence-corrected chi connectivity index (χ0v) is 16.1. The summed E-state index contributed by atoms with van der Waals surface area (Å²) in [6, 6.07) is 3.55. The van der Waals surface area contributed by atoms with Crippen LogP contribution in [0, 0.1) is 12.8 Å². The first-order valence-electron chi connectivity index (χ1n) is 9.02. The number of aliphatic hydroxyl groups excluding tert-OH is 1. The summed E-state index contributed by atoms with van der Waals surface area (Å²) >= 11 is 1.25. The van der Waals surface area contributed by atoms with Gasteiger partial charge in [0.05, 0.1) is 22.8 Å². The molecule has 1 fully saturated rings. The maximum Gasteiger partial charge on any atom is 0.260 e. The van der Waals surface area contributed by atoms with Gasteiger partial charge in [0.2, 0.25) is 0 Å². The smallest absolute Gasteiger partial charge is 0.260 e. The third kappa shape index (κ3) is 3.96. The molecule has 4 rings (SSSR count). The minimum absolute atomic E-state index is 0.0805. The Labute approximate surface area is 165 Å². The van der Waals surface area contributed by atoms with Crippen LogP contribution in [0.5, 0.6) is 0 Å². The van der Waals surface area contributed by atoms with Crippen LogP contribution in [0.1, 0.15) is 40.0 Å². The van der Waals surface area contributed by atoms with E-state index in [1.54, 1.807) is 25.3 Å². The van der Waals surface area contributed by atoms with Gasteiger partial charge >= 0.3 is 0 Å². The molecule has 0 spiro atoms. The Morgan fingerprint density at radius 1 is 1.32 bits per heavy atom. The van der Waals surface area contributed by atoms with Gasteiger partial charge in [-0.15, -0.1) is 0 Å². The molecule has 1 unspecified atom stereocenters. The second kappa shape index (κ2) is 8.17. The Morgan fingerprint density at radius 3 is 2.75 bits per heavy atom. The van der Waals surface area contributed by atoms with E-state index in [1.807, 2.05) is 0 Å². The number of hydrogen-bond acceptors (Lipinski definition) is 8. The van der Waals surface area contributed by atoms with Crippen molar-refractivity contribution >= 4 is 22.4 Å². The first-order valence-corrected chi connectivity index (χ1v) is 9.84. The van der Waals surface area contributed by atoms with Crippen molar-refractivity contribution in [2.45, 2.75) is 25.9 Å². The summed E-state index contributed by atoms with van der Waals surface area (Å²) < 4.78 is 10.9. The average molecular weight is 400 g/mol. The molecule has 1 aliphatic heterocycles. The van der Waals surface area contributed by atoms with Gasteiger partial charge in [-0.25, -0.2) is 15.0 Å². The van der Waals surface area contributed by atoms with Crippen LogP contribution < -0.4 is 5.32 Å². The van der Waals surface area contributed by atoms with E-state index in [1.165, 1.54) is 23.7 Å². The van der Waals surface area contributed by atoms with Gasteiger partial charge in [0.15, 0.2) is 10.9 Å². The largest absolute Gasteiger partial charge is 0.463 e. The zero-order chi connectivity index (χ0) is 19.5. The van der Waals surface area contributed by atoms with Crippen LogP contribution in [0.3, 0.4) is 0 Å². The Balaban J connectivity index is 1.61.